The molecular weight excluding hydrogens is 759 g/mol. The van der Waals surface area contributed by atoms with Gasteiger partial charge in [0.15, 0.2) is 0 Å². The molecule has 0 radical (unpaired) electrons. The third kappa shape index (κ3) is 5.14. The van der Waals surface area contributed by atoms with E-state index in [0.29, 0.717) is 0 Å². The first-order valence-corrected chi connectivity index (χ1v) is 23.4. The van der Waals surface area contributed by atoms with Crippen LogP contribution in [0, 0.1) is 0 Å². The lowest BCUT2D eigenvalue weighted by Crippen LogP contribution is -2.62. The number of anilines is 5. The molecule has 0 atom stereocenters. The minimum absolute atomic E-state index is 0.0460. The van der Waals surface area contributed by atoms with E-state index in [0.717, 1.165) is 0 Å². The molecule has 312 valence electrons. The first-order chi connectivity index (χ1) is 29.9. The molecule has 3 aliphatic heterocycles. The fourth-order valence-electron chi connectivity index (χ4n) is 12.7. The second kappa shape index (κ2) is 12.5. The number of rotatable bonds is 2. The quantitative estimate of drug-likeness (QED) is 0.160. The van der Waals surface area contributed by atoms with Crippen LogP contribution in [0.1, 0.15) is 128 Å². The zero-order valence-electron chi connectivity index (χ0n) is 39.1. The van der Waals surface area contributed by atoms with Gasteiger partial charge in [0.05, 0.1) is 5.69 Å². The number of fused-ring (bicyclic) bond motifs is 11. The predicted octanol–water partition coefficient (Wildman–Crippen LogP) is 14.7. The van der Waals surface area contributed by atoms with Crippen LogP contribution in [0.15, 0.2) is 133 Å². The summed E-state index contributed by atoms with van der Waals surface area (Å²) < 4.78 is 0. The van der Waals surface area contributed by atoms with Gasteiger partial charge in [0.1, 0.15) is 0 Å². The van der Waals surface area contributed by atoms with E-state index in [4.69, 9.17) is 0 Å². The Bertz CT molecular complexity index is 3100. The Morgan fingerprint density at radius 1 is 0.476 bits per heavy atom. The molecule has 3 heteroatoms. The van der Waals surface area contributed by atoms with Crippen LogP contribution in [0.4, 0.5) is 28.4 Å². The van der Waals surface area contributed by atoms with Crippen LogP contribution in [0.25, 0.3) is 33.4 Å². The lowest BCUT2D eigenvalue weighted by Gasteiger charge is -2.50. The third-order valence-corrected chi connectivity index (χ3v) is 16.4. The van der Waals surface area contributed by atoms with E-state index in [-0.39, 0.29) is 33.9 Å². The van der Waals surface area contributed by atoms with Crippen LogP contribution in [-0.4, -0.2) is 6.85 Å². The van der Waals surface area contributed by atoms with E-state index < -0.39 is 0 Å². The summed E-state index contributed by atoms with van der Waals surface area (Å²) in [6, 6.07) is 52.4. The highest BCUT2D eigenvalue weighted by molar-refractivity contribution is 6.93. The van der Waals surface area contributed by atoms with Gasteiger partial charge in [-0.25, -0.2) is 0 Å². The van der Waals surface area contributed by atoms with Crippen LogP contribution in [0.2, 0.25) is 0 Å². The van der Waals surface area contributed by atoms with E-state index in [1.54, 1.807) is 0 Å². The fourth-order valence-corrected chi connectivity index (χ4v) is 12.7. The zero-order valence-corrected chi connectivity index (χ0v) is 39.1. The van der Waals surface area contributed by atoms with Crippen molar-refractivity contribution in [1.29, 1.82) is 0 Å². The minimum atomic E-state index is -0.181. The Kier molecular flexibility index (Phi) is 7.69. The second-order valence-electron chi connectivity index (χ2n) is 22.8. The molecule has 0 N–H and O–H groups in total. The molecule has 0 saturated heterocycles. The fraction of sp³-hybridized carbons (Fsp3) is 0.300. The third-order valence-electron chi connectivity index (χ3n) is 16.4. The van der Waals surface area contributed by atoms with Crippen molar-refractivity contribution in [2.24, 2.45) is 0 Å². The Balaban J connectivity index is 1.24. The van der Waals surface area contributed by atoms with Gasteiger partial charge in [0.25, 0.3) is 0 Å². The van der Waals surface area contributed by atoms with Crippen molar-refractivity contribution in [3.8, 4) is 33.4 Å². The number of hydrogen-bond donors (Lipinski definition) is 0. The summed E-state index contributed by atoms with van der Waals surface area (Å²) in [4.78, 5) is 5.38. The van der Waals surface area contributed by atoms with E-state index in [1.807, 2.05) is 0 Å². The van der Waals surface area contributed by atoms with Gasteiger partial charge in [-0.1, -0.05) is 167 Å². The Hall–Kier alpha value is -5.80. The summed E-state index contributed by atoms with van der Waals surface area (Å²) in [7, 11) is 0. The van der Waals surface area contributed by atoms with Crippen LogP contribution >= 0.6 is 0 Å². The predicted molar refractivity (Wildman–Crippen MR) is 269 cm³/mol. The smallest absolute Gasteiger partial charge is 0.333 e. The van der Waals surface area contributed by atoms with Gasteiger partial charge in [-0.15, -0.1) is 0 Å². The van der Waals surface area contributed by atoms with Crippen LogP contribution in [-0.2, 0) is 27.1 Å². The largest absolute Gasteiger partial charge is 0.376 e. The van der Waals surface area contributed by atoms with Crippen molar-refractivity contribution in [2.45, 2.75) is 116 Å². The highest BCUT2D eigenvalue weighted by Gasteiger charge is 2.52. The Morgan fingerprint density at radius 2 is 1.13 bits per heavy atom. The van der Waals surface area contributed by atoms with Crippen molar-refractivity contribution in [2.75, 3.05) is 9.71 Å². The summed E-state index contributed by atoms with van der Waals surface area (Å²) in [6.07, 6.45) is 2.40. The number of para-hydroxylation sites is 2. The molecule has 12 rings (SSSR count). The Morgan fingerprint density at radius 3 is 1.84 bits per heavy atom. The highest BCUT2D eigenvalue weighted by Crippen LogP contribution is 2.61. The van der Waals surface area contributed by atoms with Crippen LogP contribution < -0.4 is 20.6 Å². The number of hydrogen-bond acceptors (Lipinski definition) is 2. The summed E-state index contributed by atoms with van der Waals surface area (Å²) in [5.41, 5.74) is 27.2. The van der Waals surface area contributed by atoms with Gasteiger partial charge in [0, 0.05) is 39.1 Å². The minimum Gasteiger partial charge on any atom is -0.376 e. The number of nitrogens with zero attached hydrogens (tertiary/aromatic N) is 2. The van der Waals surface area contributed by atoms with E-state index in [9.17, 15) is 0 Å². The molecule has 0 amide bonds. The summed E-state index contributed by atoms with van der Waals surface area (Å²) in [6.45, 7) is 26.6. The van der Waals surface area contributed by atoms with E-state index in [2.05, 4.69) is 219 Å². The van der Waals surface area contributed by atoms with Gasteiger partial charge in [-0.3, -0.25) is 0 Å². The molecule has 0 fully saturated rings. The zero-order chi connectivity index (χ0) is 43.7. The monoisotopic (exact) mass is 818 g/mol. The van der Waals surface area contributed by atoms with Crippen LogP contribution in [0.5, 0.6) is 0 Å². The molecule has 5 aliphatic rings. The van der Waals surface area contributed by atoms with Crippen molar-refractivity contribution >= 4 is 46.2 Å². The lowest BCUT2D eigenvalue weighted by atomic mass is 9.42. The lowest BCUT2D eigenvalue weighted by molar-refractivity contribution is 0.331. The maximum Gasteiger partial charge on any atom is 0.333 e. The number of benzene rings is 7. The van der Waals surface area contributed by atoms with E-state index >= 15 is 0 Å². The molecule has 2 nitrogen and oxygen atoms in total. The highest BCUT2D eigenvalue weighted by atomic mass is 15.2. The van der Waals surface area contributed by atoms with E-state index in [1.165, 1.54) is 125 Å². The molecule has 7 aromatic carbocycles. The summed E-state index contributed by atoms with van der Waals surface area (Å²) in [5.74, 6) is 0. The molecule has 0 bridgehead atoms. The summed E-state index contributed by atoms with van der Waals surface area (Å²) in [5, 5.41) is 0. The molecule has 7 aromatic rings. The van der Waals surface area contributed by atoms with Crippen LogP contribution in [0.3, 0.4) is 0 Å². The van der Waals surface area contributed by atoms with Gasteiger partial charge in [-0.05, 0) is 149 Å². The van der Waals surface area contributed by atoms with Gasteiger partial charge < -0.3 is 9.71 Å². The van der Waals surface area contributed by atoms with Gasteiger partial charge in [0.2, 0.25) is 0 Å². The Labute approximate surface area is 376 Å². The first kappa shape index (κ1) is 38.8. The molecular formula is C60H59BN2. The average molecular weight is 819 g/mol. The second-order valence-corrected chi connectivity index (χ2v) is 22.8. The maximum absolute atomic E-state index is 2.73. The molecule has 3 heterocycles. The SMILES string of the molecule is CC(C)(C)c1ccc(N2B3c4cccc5c4N(c4ccccc4C5(C)C)c4cc(-c5ccccc5)cc(c43)-c3c2ccc2c3-c3cc4c(cc3C2(C)C)C(C)(C)CCC4(C)C)cc1. The normalized spacial score (nSPS) is 18.4. The van der Waals surface area contributed by atoms with Crippen molar-refractivity contribution in [3.63, 3.8) is 0 Å². The molecule has 0 spiro atoms. The van der Waals surface area contributed by atoms with Gasteiger partial charge >= 0.3 is 6.85 Å². The standard InChI is InChI=1S/C60H59BN2/c1-56(2,3)38-24-26-39(27-25-38)63-50-29-28-43-52(40-34-46-47(35-45(40)60(43,10)11)58(6,7)31-30-57(46,4)5)53(50)41-32-37(36-18-13-12-14-19-36)33-51-54(41)61(63)48-22-17-21-44-55(48)62(51)49-23-16-15-20-42(49)59(44,8)9/h12-29,32-35H,30-31H2,1-11H3. The average Bonchev–Trinajstić information content (AvgIpc) is 3.49. The maximum atomic E-state index is 2.73. The van der Waals surface area contributed by atoms with Gasteiger partial charge in [-0.2, -0.15) is 0 Å². The first-order valence-electron chi connectivity index (χ1n) is 23.4. The molecule has 2 aliphatic carbocycles. The van der Waals surface area contributed by atoms with Crippen molar-refractivity contribution < 1.29 is 0 Å². The molecule has 0 saturated carbocycles. The molecule has 63 heavy (non-hydrogen) atoms. The van der Waals surface area contributed by atoms with Crippen molar-refractivity contribution in [1.82, 2.24) is 0 Å². The summed E-state index contributed by atoms with van der Waals surface area (Å²) >= 11 is 0. The molecule has 0 aromatic heterocycles. The molecule has 0 unspecified atom stereocenters. The van der Waals surface area contributed by atoms with Crippen molar-refractivity contribution in [3.05, 3.63) is 172 Å². The topological polar surface area (TPSA) is 6.48 Å².